The maximum Gasteiger partial charge on any atom is 0.411 e. The van der Waals surface area contributed by atoms with Gasteiger partial charge in [0.05, 0.1) is 18.3 Å². The molecule has 0 radical (unpaired) electrons. The Balaban J connectivity index is 1.96. The second-order valence-electron chi connectivity index (χ2n) is 8.57. The Bertz CT molecular complexity index is 791. The van der Waals surface area contributed by atoms with Crippen molar-refractivity contribution in [2.75, 3.05) is 19.0 Å². The first-order valence-electron chi connectivity index (χ1n) is 9.87. The lowest BCUT2D eigenvalue weighted by atomic mass is 10.2. The maximum atomic E-state index is 12.1. The van der Waals surface area contributed by atoms with Crippen molar-refractivity contribution in [2.45, 2.75) is 51.6 Å². The summed E-state index contributed by atoms with van der Waals surface area (Å²) in [7, 11) is 0.0274. The van der Waals surface area contributed by atoms with Crippen LogP contribution in [0.2, 0.25) is 18.1 Å². The molecule has 7 heteroatoms. The molecule has 2 rings (SSSR count). The zero-order valence-corrected chi connectivity index (χ0v) is 19.3. The van der Waals surface area contributed by atoms with Gasteiger partial charge >= 0.3 is 6.09 Å². The van der Waals surface area contributed by atoms with Gasteiger partial charge in [-0.15, -0.1) is 0 Å². The fourth-order valence-corrected chi connectivity index (χ4v) is 3.43. The molecule has 0 spiro atoms. The number of rotatable bonds is 8. The molecular weight excluding hydrogens is 382 g/mol. The predicted molar refractivity (Wildman–Crippen MR) is 119 cm³/mol. The smallest absolute Gasteiger partial charge is 0.411 e. The van der Waals surface area contributed by atoms with Crippen LogP contribution in [0.3, 0.4) is 0 Å². The summed E-state index contributed by atoms with van der Waals surface area (Å²) in [6.45, 7) is 11.9. The first kappa shape index (κ1) is 23.1. The number of likely N-dealkylation sites (N-methyl/N-ethyl adjacent to an activating group) is 1. The predicted octanol–water partition coefficient (Wildman–Crippen LogP) is 5.11. The number of benzene rings is 1. The monoisotopic (exact) mass is 415 g/mol. The lowest BCUT2D eigenvalue weighted by Crippen LogP contribution is -2.42. The van der Waals surface area contributed by atoms with E-state index in [2.05, 4.69) is 49.5 Å². The third kappa shape index (κ3) is 6.95. The summed E-state index contributed by atoms with van der Waals surface area (Å²) in [6.07, 6.45) is 1.18. The van der Waals surface area contributed by atoms with E-state index in [4.69, 9.17) is 9.16 Å². The highest BCUT2D eigenvalue weighted by molar-refractivity contribution is 6.74. The maximum absolute atomic E-state index is 12.1. The fourth-order valence-electron chi connectivity index (χ4n) is 2.42. The van der Waals surface area contributed by atoms with Crippen molar-refractivity contribution in [3.8, 4) is 0 Å². The zero-order valence-electron chi connectivity index (χ0n) is 18.3. The van der Waals surface area contributed by atoms with E-state index in [-0.39, 0.29) is 17.7 Å². The summed E-state index contributed by atoms with van der Waals surface area (Å²) in [5.74, 6) is 0. The van der Waals surface area contributed by atoms with E-state index in [0.717, 1.165) is 11.3 Å². The summed E-state index contributed by atoms with van der Waals surface area (Å²) in [4.78, 5) is 16.6. The zero-order chi connectivity index (χ0) is 21.5. The van der Waals surface area contributed by atoms with Gasteiger partial charge in [0.15, 0.2) is 8.32 Å². The second kappa shape index (κ2) is 10.0. The largest absolute Gasteiger partial charge is 0.444 e. The molecule has 1 heterocycles. The van der Waals surface area contributed by atoms with E-state index in [9.17, 15) is 4.79 Å². The molecule has 1 amide bonds. The number of aromatic nitrogens is 1. The number of hydrogen-bond donors (Lipinski definition) is 2. The standard InChI is InChI=1S/C22H33N3O3Si/c1-22(2,3)29(5,6)28-16-20(23-4)19-14-18(12-13-24-19)25-21(26)27-15-17-10-8-7-9-11-17/h7-14,20,23H,15-16H2,1-6H3,(H,24,25,26)/t20-/m0/s1. The van der Waals surface area contributed by atoms with Crippen LogP contribution in [0.15, 0.2) is 48.7 Å². The number of carbonyl (C=O) groups is 1. The van der Waals surface area contributed by atoms with E-state index in [0.29, 0.717) is 12.3 Å². The average Bonchev–Trinajstić information content (AvgIpc) is 2.67. The minimum Gasteiger partial charge on any atom is -0.444 e. The molecule has 6 nitrogen and oxygen atoms in total. The number of carbonyl (C=O) groups excluding carboxylic acids is 1. The third-order valence-electron chi connectivity index (χ3n) is 5.36. The molecule has 158 valence electrons. The molecule has 0 aliphatic carbocycles. The molecule has 0 aliphatic rings. The van der Waals surface area contributed by atoms with Crippen LogP contribution >= 0.6 is 0 Å². The molecule has 0 fully saturated rings. The number of hydrogen-bond acceptors (Lipinski definition) is 5. The van der Waals surface area contributed by atoms with Gasteiger partial charge in [0.1, 0.15) is 6.61 Å². The van der Waals surface area contributed by atoms with Crippen molar-refractivity contribution in [3.05, 3.63) is 59.9 Å². The summed E-state index contributed by atoms with van der Waals surface area (Å²) in [6, 6.07) is 13.1. The molecule has 1 atom stereocenters. The molecule has 0 saturated heterocycles. The summed E-state index contributed by atoms with van der Waals surface area (Å²) in [5.41, 5.74) is 2.39. The summed E-state index contributed by atoms with van der Waals surface area (Å²) < 4.78 is 11.6. The number of nitrogens with zero attached hydrogens (tertiary/aromatic N) is 1. The quantitative estimate of drug-likeness (QED) is 0.586. The van der Waals surface area contributed by atoms with Gasteiger partial charge in [-0.3, -0.25) is 10.3 Å². The van der Waals surface area contributed by atoms with Gasteiger partial charge < -0.3 is 14.5 Å². The van der Waals surface area contributed by atoms with Crippen LogP contribution in [0.25, 0.3) is 0 Å². The summed E-state index contributed by atoms with van der Waals surface area (Å²) in [5, 5.41) is 6.17. The Morgan fingerprint density at radius 1 is 1.17 bits per heavy atom. The molecule has 1 aromatic heterocycles. The lowest BCUT2D eigenvalue weighted by Gasteiger charge is -2.37. The SMILES string of the molecule is CN[C@@H](CO[Si](C)(C)C(C)(C)C)c1cc(NC(=O)OCc2ccccc2)ccn1. The van der Waals surface area contributed by atoms with E-state index in [1.807, 2.05) is 43.4 Å². The van der Waals surface area contributed by atoms with E-state index < -0.39 is 14.4 Å². The van der Waals surface area contributed by atoms with Crippen LogP contribution in [0.4, 0.5) is 10.5 Å². The minimum absolute atomic E-state index is 0.0637. The van der Waals surface area contributed by atoms with Gasteiger partial charge in [-0.2, -0.15) is 0 Å². The van der Waals surface area contributed by atoms with Crippen molar-refractivity contribution < 1.29 is 14.0 Å². The van der Waals surface area contributed by atoms with Crippen molar-refractivity contribution >= 4 is 20.1 Å². The van der Waals surface area contributed by atoms with Gasteiger partial charge in [0, 0.05) is 11.9 Å². The first-order valence-corrected chi connectivity index (χ1v) is 12.8. The number of nitrogens with one attached hydrogen (secondary N) is 2. The minimum atomic E-state index is -1.86. The van der Waals surface area contributed by atoms with Crippen LogP contribution in [0.5, 0.6) is 0 Å². The molecule has 2 N–H and O–H groups in total. The molecule has 0 saturated carbocycles. The highest BCUT2D eigenvalue weighted by Crippen LogP contribution is 2.37. The molecule has 29 heavy (non-hydrogen) atoms. The van der Waals surface area contributed by atoms with Crippen LogP contribution in [-0.4, -0.2) is 33.0 Å². The Labute approximate surface area is 175 Å². The van der Waals surface area contributed by atoms with Crippen molar-refractivity contribution in [1.29, 1.82) is 0 Å². The van der Waals surface area contributed by atoms with Crippen molar-refractivity contribution in [1.82, 2.24) is 10.3 Å². The highest BCUT2D eigenvalue weighted by atomic mass is 28.4. The molecular formula is C22H33N3O3Si. The topological polar surface area (TPSA) is 72.5 Å². The van der Waals surface area contributed by atoms with Crippen LogP contribution in [0, 0.1) is 0 Å². The molecule has 0 bridgehead atoms. The molecule has 2 aromatic rings. The van der Waals surface area contributed by atoms with Gasteiger partial charge in [-0.1, -0.05) is 51.1 Å². The fraction of sp³-hybridized carbons (Fsp3) is 0.455. The van der Waals surface area contributed by atoms with Crippen LogP contribution < -0.4 is 10.6 Å². The molecule has 1 aromatic carbocycles. The van der Waals surface area contributed by atoms with E-state index in [1.165, 1.54) is 0 Å². The van der Waals surface area contributed by atoms with Crippen molar-refractivity contribution in [3.63, 3.8) is 0 Å². The molecule has 0 unspecified atom stereocenters. The normalized spacial score (nSPS) is 13.0. The van der Waals surface area contributed by atoms with Gasteiger partial charge in [-0.25, -0.2) is 4.79 Å². The van der Waals surface area contributed by atoms with Gasteiger partial charge in [-0.05, 0) is 42.9 Å². The average molecular weight is 416 g/mol. The number of pyridine rings is 1. The van der Waals surface area contributed by atoms with Crippen LogP contribution in [0.1, 0.15) is 38.1 Å². The van der Waals surface area contributed by atoms with E-state index in [1.54, 1.807) is 12.3 Å². The Hall–Kier alpha value is -2.22. The van der Waals surface area contributed by atoms with E-state index >= 15 is 0 Å². The Morgan fingerprint density at radius 2 is 1.86 bits per heavy atom. The second-order valence-corrected chi connectivity index (χ2v) is 13.4. The number of amides is 1. The van der Waals surface area contributed by atoms with Crippen LogP contribution in [-0.2, 0) is 15.8 Å². The third-order valence-corrected chi connectivity index (χ3v) is 9.86. The number of ether oxygens (including phenoxy) is 1. The summed E-state index contributed by atoms with van der Waals surface area (Å²) >= 11 is 0. The Morgan fingerprint density at radius 3 is 2.48 bits per heavy atom. The van der Waals surface area contributed by atoms with Gasteiger partial charge in [0.2, 0.25) is 0 Å². The Kier molecular flexibility index (Phi) is 7.95. The van der Waals surface area contributed by atoms with Gasteiger partial charge in [0.25, 0.3) is 0 Å². The highest BCUT2D eigenvalue weighted by Gasteiger charge is 2.37. The molecule has 0 aliphatic heterocycles. The first-order chi connectivity index (χ1) is 13.6. The lowest BCUT2D eigenvalue weighted by molar-refractivity contribution is 0.155. The number of anilines is 1. The van der Waals surface area contributed by atoms with Crippen molar-refractivity contribution in [2.24, 2.45) is 0 Å².